The minimum Gasteiger partial charge on any atom is -0.462 e. The summed E-state index contributed by atoms with van der Waals surface area (Å²) in [6, 6.07) is 8.10. The molecule has 0 amide bonds. The molecule has 0 saturated carbocycles. The molecule has 0 aliphatic heterocycles. The molecule has 114 valence electrons. The smallest absolute Gasteiger partial charge is 0.343 e. The van der Waals surface area contributed by atoms with E-state index in [9.17, 15) is 18.4 Å². The predicted molar refractivity (Wildman–Crippen MR) is 73.7 cm³/mol. The molecule has 6 heteroatoms. The number of carbonyl (C=O) groups is 2. The first-order valence-electron chi connectivity index (χ1n) is 6.45. The SMILES string of the molecule is CCOC(=O)c1cccc(C(=O)Oc2cc(F)cc(F)c2)c1. The molecule has 0 unspecified atom stereocenters. The van der Waals surface area contributed by atoms with Gasteiger partial charge in [0, 0.05) is 18.2 Å². The molecule has 4 nitrogen and oxygen atoms in total. The molecule has 2 aromatic carbocycles. The lowest BCUT2D eigenvalue weighted by Crippen LogP contribution is -2.11. The van der Waals surface area contributed by atoms with Crippen molar-refractivity contribution in [3.63, 3.8) is 0 Å². The first-order valence-corrected chi connectivity index (χ1v) is 6.45. The molecule has 0 atom stereocenters. The van der Waals surface area contributed by atoms with Crippen LogP contribution in [0.4, 0.5) is 8.78 Å². The second-order valence-electron chi connectivity index (χ2n) is 4.30. The average molecular weight is 306 g/mol. The zero-order valence-electron chi connectivity index (χ0n) is 11.6. The van der Waals surface area contributed by atoms with Crippen molar-refractivity contribution >= 4 is 11.9 Å². The second-order valence-corrected chi connectivity index (χ2v) is 4.30. The fraction of sp³-hybridized carbons (Fsp3) is 0.125. The van der Waals surface area contributed by atoms with Gasteiger partial charge in [-0.3, -0.25) is 0 Å². The van der Waals surface area contributed by atoms with Crippen molar-refractivity contribution in [2.24, 2.45) is 0 Å². The highest BCUT2D eigenvalue weighted by Gasteiger charge is 2.14. The number of hydrogen-bond donors (Lipinski definition) is 0. The fourth-order valence-electron chi connectivity index (χ4n) is 1.74. The summed E-state index contributed by atoms with van der Waals surface area (Å²) < 4.78 is 35.8. The topological polar surface area (TPSA) is 52.6 Å². The van der Waals surface area contributed by atoms with E-state index in [0.29, 0.717) is 6.07 Å². The molecule has 0 heterocycles. The molecule has 0 N–H and O–H groups in total. The number of benzene rings is 2. The number of hydrogen-bond acceptors (Lipinski definition) is 4. The van der Waals surface area contributed by atoms with Gasteiger partial charge in [-0.15, -0.1) is 0 Å². The Morgan fingerprint density at radius 3 is 2.14 bits per heavy atom. The lowest BCUT2D eigenvalue weighted by molar-refractivity contribution is 0.0526. The molecule has 0 aromatic heterocycles. The van der Waals surface area contributed by atoms with E-state index in [-0.39, 0.29) is 23.5 Å². The van der Waals surface area contributed by atoms with Gasteiger partial charge in [-0.1, -0.05) is 6.07 Å². The van der Waals surface area contributed by atoms with E-state index in [2.05, 4.69) is 0 Å². The molecule has 0 spiro atoms. The van der Waals surface area contributed by atoms with E-state index in [4.69, 9.17) is 9.47 Å². The number of halogens is 2. The summed E-state index contributed by atoms with van der Waals surface area (Å²) in [6.07, 6.45) is 0. The molecule has 2 aromatic rings. The zero-order valence-corrected chi connectivity index (χ0v) is 11.6. The van der Waals surface area contributed by atoms with Gasteiger partial charge in [0.2, 0.25) is 0 Å². The summed E-state index contributed by atoms with van der Waals surface area (Å²) >= 11 is 0. The molecule has 22 heavy (non-hydrogen) atoms. The van der Waals surface area contributed by atoms with Crippen LogP contribution in [0.3, 0.4) is 0 Å². The Morgan fingerprint density at radius 1 is 0.955 bits per heavy atom. The van der Waals surface area contributed by atoms with Gasteiger partial charge in [-0.2, -0.15) is 0 Å². The quantitative estimate of drug-likeness (QED) is 0.642. The molecule has 0 aliphatic rings. The molecular formula is C16H12F2O4. The summed E-state index contributed by atoms with van der Waals surface area (Å²) in [7, 11) is 0. The average Bonchev–Trinajstić information content (AvgIpc) is 2.46. The number of carbonyl (C=O) groups excluding carboxylic acids is 2. The van der Waals surface area contributed by atoms with Crippen LogP contribution in [0.5, 0.6) is 5.75 Å². The molecule has 2 rings (SSSR count). The van der Waals surface area contributed by atoms with E-state index in [1.165, 1.54) is 24.3 Å². The number of rotatable bonds is 4. The highest BCUT2D eigenvalue weighted by Crippen LogP contribution is 2.17. The molecule has 0 aliphatic carbocycles. The van der Waals surface area contributed by atoms with Gasteiger partial charge in [-0.25, -0.2) is 18.4 Å². The van der Waals surface area contributed by atoms with Crippen molar-refractivity contribution in [1.29, 1.82) is 0 Å². The third kappa shape index (κ3) is 3.88. The lowest BCUT2D eigenvalue weighted by atomic mass is 10.1. The summed E-state index contributed by atoms with van der Waals surface area (Å²) in [5.41, 5.74) is 0.247. The first kappa shape index (κ1) is 15.6. The third-order valence-electron chi connectivity index (χ3n) is 2.66. The Labute approximate surface area is 125 Å². The van der Waals surface area contributed by atoms with Gasteiger partial charge >= 0.3 is 11.9 Å². The molecule has 0 saturated heterocycles. The van der Waals surface area contributed by atoms with Crippen molar-refractivity contribution in [3.05, 3.63) is 65.2 Å². The molecule has 0 bridgehead atoms. The van der Waals surface area contributed by atoms with E-state index in [1.807, 2.05) is 0 Å². The molecule has 0 fully saturated rings. The van der Waals surface area contributed by atoms with E-state index >= 15 is 0 Å². The van der Waals surface area contributed by atoms with Crippen LogP contribution < -0.4 is 4.74 Å². The van der Waals surface area contributed by atoms with Crippen molar-refractivity contribution in [1.82, 2.24) is 0 Å². The van der Waals surface area contributed by atoms with Crippen LogP contribution in [0, 0.1) is 11.6 Å². The highest BCUT2D eigenvalue weighted by atomic mass is 19.1. The number of ether oxygens (including phenoxy) is 2. The minimum atomic E-state index is -0.858. The van der Waals surface area contributed by atoms with Crippen LogP contribution >= 0.6 is 0 Å². The van der Waals surface area contributed by atoms with E-state index < -0.39 is 23.6 Å². The Bertz CT molecular complexity index is 693. The normalized spacial score (nSPS) is 10.1. The molecule has 0 radical (unpaired) electrons. The van der Waals surface area contributed by atoms with Gasteiger partial charge in [-0.05, 0) is 25.1 Å². The summed E-state index contributed by atoms with van der Waals surface area (Å²) in [4.78, 5) is 23.5. The third-order valence-corrected chi connectivity index (χ3v) is 2.66. The largest absolute Gasteiger partial charge is 0.462 e. The summed E-state index contributed by atoms with van der Waals surface area (Å²) in [6.45, 7) is 1.87. The lowest BCUT2D eigenvalue weighted by Gasteiger charge is -2.06. The van der Waals surface area contributed by atoms with Crippen molar-refractivity contribution in [3.8, 4) is 5.75 Å². The van der Waals surface area contributed by atoms with Crippen LogP contribution in [0.25, 0.3) is 0 Å². The monoisotopic (exact) mass is 306 g/mol. The van der Waals surface area contributed by atoms with Gasteiger partial charge in [0.25, 0.3) is 0 Å². The van der Waals surface area contributed by atoms with Gasteiger partial charge in [0.15, 0.2) is 0 Å². The van der Waals surface area contributed by atoms with Gasteiger partial charge in [0.05, 0.1) is 17.7 Å². The maximum atomic E-state index is 13.0. The van der Waals surface area contributed by atoms with Crippen molar-refractivity contribution in [2.75, 3.05) is 6.61 Å². The summed E-state index contributed by atoms with van der Waals surface area (Å²) in [5.74, 6) is -3.39. The zero-order chi connectivity index (χ0) is 16.1. The molecular weight excluding hydrogens is 294 g/mol. The van der Waals surface area contributed by atoms with Crippen molar-refractivity contribution in [2.45, 2.75) is 6.92 Å². The summed E-state index contributed by atoms with van der Waals surface area (Å²) in [5, 5.41) is 0. The predicted octanol–water partition coefficient (Wildman–Crippen LogP) is 3.36. The maximum absolute atomic E-state index is 13.0. The van der Waals surface area contributed by atoms with Crippen molar-refractivity contribution < 1.29 is 27.8 Å². The van der Waals surface area contributed by atoms with Gasteiger partial charge < -0.3 is 9.47 Å². The first-order chi connectivity index (χ1) is 10.5. The van der Waals surface area contributed by atoms with Crippen LogP contribution in [0.2, 0.25) is 0 Å². The van der Waals surface area contributed by atoms with E-state index in [0.717, 1.165) is 12.1 Å². The number of esters is 2. The van der Waals surface area contributed by atoms with Gasteiger partial charge in [0.1, 0.15) is 17.4 Å². The van der Waals surface area contributed by atoms with Crippen LogP contribution in [-0.4, -0.2) is 18.5 Å². The maximum Gasteiger partial charge on any atom is 0.343 e. The second kappa shape index (κ2) is 6.80. The fourth-order valence-corrected chi connectivity index (χ4v) is 1.74. The Kier molecular flexibility index (Phi) is 4.83. The standard InChI is InChI=1S/C16H12F2O4/c1-2-21-15(19)10-4-3-5-11(6-10)16(20)22-14-8-12(17)7-13(18)9-14/h3-9H,2H2,1H3. The van der Waals surface area contributed by atoms with Crippen LogP contribution in [0.1, 0.15) is 27.6 Å². The Morgan fingerprint density at radius 2 is 1.55 bits per heavy atom. The minimum absolute atomic E-state index is 0.0650. The highest BCUT2D eigenvalue weighted by molar-refractivity contribution is 5.96. The van der Waals surface area contributed by atoms with Crippen LogP contribution in [-0.2, 0) is 4.74 Å². The Hall–Kier alpha value is -2.76. The Balaban J connectivity index is 2.19. The van der Waals surface area contributed by atoms with Crippen LogP contribution in [0.15, 0.2) is 42.5 Å². The van der Waals surface area contributed by atoms with E-state index in [1.54, 1.807) is 6.92 Å².